The summed E-state index contributed by atoms with van der Waals surface area (Å²) in [6.07, 6.45) is 7.11. The van der Waals surface area contributed by atoms with Crippen LogP contribution in [0.25, 0.3) is 10.9 Å². The molecule has 0 unspecified atom stereocenters. The molecule has 1 aliphatic rings. The monoisotopic (exact) mass is 457 g/mol. The molecule has 2 aromatic heterocycles. The lowest BCUT2D eigenvalue weighted by Crippen LogP contribution is -2.32. The largest absolute Gasteiger partial charge is 0.362 e. The van der Waals surface area contributed by atoms with Crippen molar-refractivity contribution in [1.29, 1.82) is 0 Å². The van der Waals surface area contributed by atoms with E-state index < -0.39 is 10.0 Å². The number of benzene rings is 1. The van der Waals surface area contributed by atoms with Crippen LogP contribution in [0.5, 0.6) is 0 Å². The highest BCUT2D eigenvalue weighted by atomic mass is 32.2. The summed E-state index contributed by atoms with van der Waals surface area (Å²) in [5, 5.41) is 4.54. The van der Waals surface area contributed by atoms with Gasteiger partial charge in [-0.2, -0.15) is 4.98 Å². The van der Waals surface area contributed by atoms with Crippen molar-refractivity contribution in [2.24, 2.45) is 18.9 Å². The molecular formula is C22H31N7O2S. The van der Waals surface area contributed by atoms with Gasteiger partial charge in [0.05, 0.1) is 11.8 Å². The standard InChI is InChI=1S/C22H31N7O2S/c1-28(2)21-18-6-4-5-7-19(18)26-22(27-21)23-12-16-8-10-17(11-9-16)13-25-32(30,31)20-14-29(3)15-24-20/h4-7,14-17,25H,8-13H2,1-3H3,(H,23,26,27). The molecule has 32 heavy (non-hydrogen) atoms. The van der Waals surface area contributed by atoms with Crippen molar-refractivity contribution in [2.45, 2.75) is 30.7 Å². The fourth-order valence-electron chi connectivity index (χ4n) is 4.18. The van der Waals surface area contributed by atoms with Crippen LogP contribution in [0.2, 0.25) is 0 Å². The maximum absolute atomic E-state index is 12.4. The van der Waals surface area contributed by atoms with Crippen LogP contribution in [0, 0.1) is 11.8 Å². The first kappa shape index (κ1) is 22.5. The SMILES string of the molecule is CN(C)c1nc(NCC2CCC(CNS(=O)(=O)c3cn(C)cn3)CC2)nc2ccccc12. The molecule has 9 nitrogen and oxygen atoms in total. The summed E-state index contributed by atoms with van der Waals surface area (Å²) in [7, 11) is 2.19. The van der Waals surface area contributed by atoms with E-state index in [1.54, 1.807) is 11.6 Å². The van der Waals surface area contributed by atoms with Crippen molar-refractivity contribution in [3.05, 3.63) is 36.8 Å². The zero-order valence-electron chi connectivity index (χ0n) is 18.8. The van der Waals surface area contributed by atoms with Gasteiger partial charge < -0.3 is 14.8 Å². The van der Waals surface area contributed by atoms with Crippen LogP contribution in [-0.2, 0) is 17.1 Å². The Labute approximate surface area is 189 Å². The van der Waals surface area contributed by atoms with Gasteiger partial charge in [-0.1, -0.05) is 12.1 Å². The first-order chi connectivity index (χ1) is 15.3. The highest BCUT2D eigenvalue weighted by Crippen LogP contribution is 2.29. The van der Waals surface area contributed by atoms with E-state index >= 15 is 0 Å². The van der Waals surface area contributed by atoms with Crippen LogP contribution in [0.15, 0.2) is 41.8 Å². The van der Waals surface area contributed by atoms with Crippen LogP contribution < -0.4 is 14.9 Å². The molecule has 1 saturated carbocycles. The molecule has 4 rings (SSSR count). The van der Waals surface area contributed by atoms with E-state index in [0.29, 0.717) is 24.3 Å². The summed E-state index contributed by atoms with van der Waals surface area (Å²) in [4.78, 5) is 15.3. The fourth-order valence-corrected chi connectivity index (χ4v) is 5.28. The van der Waals surface area contributed by atoms with Crippen molar-refractivity contribution in [3.63, 3.8) is 0 Å². The minimum atomic E-state index is -3.54. The number of aromatic nitrogens is 4. The van der Waals surface area contributed by atoms with Crippen LogP contribution >= 0.6 is 0 Å². The number of nitrogens with zero attached hydrogens (tertiary/aromatic N) is 5. The molecular weight excluding hydrogens is 426 g/mol. The van der Waals surface area contributed by atoms with E-state index in [9.17, 15) is 8.42 Å². The van der Waals surface area contributed by atoms with Crippen molar-refractivity contribution in [1.82, 2.24) is 24.2 Å². The smallest absolute Gasteiger partial charge is 0.259 e. The Balaban J connectivity index is 1.28. The number of hydrogen-bond acceptors (Lipinski definition) is 7. The molecule has 0 atom stereocenters. The second-order valence-corrected chi connectivity index (χ2v) is 10.5. The zero-order valence-corrected chi connectivity index (χ0v) is 19.6. The third-order valence-electron chi connectivity index (χ3n) is 6.04. The van der Waals surface area contributed by atoms with E-state index in [-0.39, 0.29) is 5.03 Å². The van der Waals surface area contributed by atoms with E-state index in [1.807, 2.05) is 43.3 Å². The highest BCUT2D eigenvalue weighted by molar-refractivity contribution is 7.89. The number of hydrogen-bond donors (Lipinski definition) is 2. The molecule has 172 valence electrons. The Kier molecular flexibility index (Phi) is 6.61. The normalized spacial score (nSPS) is 19.2. The zero-order chi connectivity index (χ0) is 22.7. The first-order valence-corrected chi connectivity index (χ1v) is 12.5. The Morgan fingerprint density at radius 2 is 1.75 bits per heavy atom. The van der Waals surface area contributed by atoms with Gasteiger partial charge in [0.15, 0.2) is 5.03 Å². The van der Waals surface area contributed by atoms with Gasteiger partial charge in [0, 0.05) is 45.8 Å². The summed E-state index contributed by atoms with van der Waals surface area (Å²) in [6, 6.07) is 8.03. The minimum Gasteiger partial charge on any atom is -0.362 e. The highest BCUT2D eigenvalue weighted by Gasteiger charge is 2.24. The maximum Gasteiger partial charge on any atom is 0.259 e. The molecule has 1 fully saturated rings. The summed E-state index contributed by atoms with van der Waals surface area (Å²) >= 11 is 0. The second kappa shape index (κ2) is 9.41. The second-order valence-electron chi connectivity index (χ2n) is 8.78. The van der Waals surface area contributed by atoms with Crippen LogP contribution in [0.3, 0.4) is 0 Å². The Bertz CT molecular complexity index is 1170. The van der Waals surface area contributed by atoms with Gasteiger partial charge in [0.25, 0.3) is 10.0 Å². The summed E-state index contributed by atoms with van der Waals surface area (Å²) in [5.41, 5.74) is 0.928. The Morgan fingerprint density at radius 1 is 1.06 bits per heavy atom. The van der Waals surface area contributed by atoms with E-state index in [2.05, 4.69) is 20.0 Å². The number of imidazole rings is 1. The third-order valence-corrected chi connectivity index (χ3v) is 7.35. The van der Waals surface area contributed by atoms with Gasteiger partial charge in [0.2, 0.25) is 5.95 Å². The van der Waals surface area contributed by atoms with Crippen molar-refractivity contribution >= 4 is 32.7 Å². The van der Waals surface area contributed by atoms with Crippen molar-refractivity contribution in [2.75, 3.05) is 37.4 Å². The first-order valence-electron chi connectivity index (χ1n) is 11.0. The summed E-state index contributed by atoms with van der Waals surface area (Å²) in [5.74, 6) is 2.43. The number of aryl methyl sites for hydroxylation is 1. The van der Waals surface area contributed by atoms with Gasteiger partial charge in [-0.05, 0) is 49.7 Å². The number of anilines is 2. The van der Waals surface area contributed by atoms with Gasteiger partial charge in [-0.15, -0.1) is 0 Å². The summed E-state index contributed by atoms with van der Waals surface area (Å²) in [6.45, 7) is 1.27. The molecule has 1 aliphatic carbocycles. The average Bonchev–Trinajstić information content (AvgIpc) is 3.23. The van der Waals surface area contributed by atoms with E-state index in [4.69, 9.17) is 4.98 Å². The topological polar surface area (TPSA) is 105 Å². The molecule has 10 heteroatoms. The molecule has 0 radical (unpaired) electrons. The lowest BCUT2D eigenvalue weighted by Gasteiger charge is -2.28. The molecule has 2 heterocycles. The third kappa shape index (κ3) is 5.18. The average molecular weight is 458 g/mol. The van der Waals surface area contributed by atoms with Crippen LogP contribution in [0.1, 0.15) is 25.7 Å². The lowest BCUT2D eigenvalue weighted by atomic mass is 9.82. The quantitative estimate of drug-likeness (QED) is 0.536. The Hall–Kier alpha value is -2.72. The summed E-state index contributed by atoms with van der Waals surface area (Å²) < 4.78 is 29.1. The van der Waals surface area contributed by atoms with Crippen molar-refractivity contribution in [3.8, 4) is 0 Å². The van der Waals surface area contributed by atoms with E-state index in [1.165, 1.54) is 12.5 Å². The molecule has 0 spiro atoms. The number of para-hydroxylation sites is 1. The van der Waals surface area contributed by atoms with E-state index in [0.717, 1.165) is 48.9 Å². The van der Waals surface area contributed by atoms with Gasteiger partial charge in [-0.25, -0.2) is 23.1 Å². The molecule has 2 N–H and O–H groups in total. The molecule has 0 saturated heterocycles. The molecule has 0 aliphatic heterocycles. The molecule has 1 aromatic carbocycles. The predicted molar refractivity (Wildman–Crippen MR) is 126 cm³/mol. The predicted octanol–water partition coefficient (Wildman–Crippen LogP) is 2.63. The number of fused-ring (bicyclic) bond motifs is 1. The fraction of sp³-hybridized carbons (Fsp3) is 0.500. The maximum atomic E-state index is 12.4. The molecule has 3 aromatic rings. The minimum absolute atomic E-state index is 0.0744. The molecule has 0 amide bonds. The number of rotatable bonds is 8. The number of sulfonamides is 1. The lowest BCUT2D eigenvalue weighted by molar-refractivity contribution is 0.284. The van der Waals surface area contributed by atoms with Crippen LogP contribution in [-0.4, -0.2) is 55.1 Å². The van der Waals surface area contributed by atoms with Crippen LogP contribution in [0.4, 0.5) is 11.8 Å². The number of nitrogens with one attached hydrogen (secondary N) is 2. The Morgan fingerprint density at radius 3 is 2.41 bits per heavy atom. The molecule has 0 bridgehead atoms. The van der Waals surface area contributed by atoms with Gasteiger partial charge >= 0.3 is 0 Å². The van der Waals surface area contributed by atoms with Gasteiger partial charge in [-0.3, -0.25) is 0 Å². The van der Waals surface area contributed by atoms with Crippen molar-refractivity contribution < 1.29 is 8.42 Å². The van der Waals surface area contributed by atoms with Gasteiger partial charge in [0.1, 0.15) is 5.82 Å².